The zero-order valence-corrected chi connectivity index (χ0v) is 8.60. The molecule has 0 bridgehead atoms. The largest absolute Gasteiger partial charge is 0.481 e. The number of nitrogens with zero attached hydrogens (tertiary/aromatic N) is 1. The van der Waals surface area contributed by atoms with Crippen molar-refractivity contribution in [2.45, 2.75) is 6.42 Å². The van der Waals surface area contributed by atoms with Gasteiger partial charge in [-0.25, -0.2) is 0 Å². The van der Waals surface area contributed by atoms with Crippen LogP contribution < -0.4 is 0 Å². The number of benzene rings is 1. The molecule has 0 spiro atoms. The molecule has 0 fully saturated rings. The van der Waals surface area contributed by atoms with Gasteiger partial charge in [-0.1, -0.05) is 17.7 Å². The first-order valence-electron chi connectivity index (χ1n) is 3.93. The van der Waals surface area contributed by atoms with Crippen molar-refractivity contribution in [3.8, 4) is 0 Å². The van der Waals surface area contributed by atoms with E-state index < -0.39 is 5.97 Å². The molecule has 3 nitrogen and oxygen atoms in total. The average molecular weight is 228 g/mol. The van der Waals surface area contributed by atoms with Crippen molar-refractivity contribution >= 4 is 39.2 Å². The van der Waals surface area contributed by atoms with Gasteiger partial charge in [-0.15, -0.1) is 0 Å². The first-order chi connectivity index (χ1) is 6.68. The zero-order valence-electron chi connectivity index (χ0n) is 7.03. The molecule has 0 unspecified atom stereocenters. The van der Waals surface area contributed by atoms with E-state index >= 15 is 0 Å². The molecule has 2 aromatic rings. The number of carboxylic acids is 1. The molecule has 0 saturated carbocycles. The summed E-state index contributed by atoms with van der Waals surface area (Å²) in [6, 6.07) is 5.45. The molecular weight excluding hydrogens is 222 g/mol. The topological polar surface area (TPSA) is 50.2 Å². The lowest BCUT2D eigenvalue weighted by Crippen LogP contribution is -2.00. The standard InChI is InChI=1S/C9H6ClNO2S/c10-5-2-1-3-7-9(5)6(11-14-7)4-8(12)13/h1-3H,4H2,(H,12,13). The first kappa shape index (κ1) is 9.43. The van der Waals surface area contributed by atoms with Crippen LogP contribution in [0.3, 0.4) is 0 Å². The monoisotopic (exact) mass is 227 g/mol. The van der Waals surface area contributed by atoms with Gasteiger partial charge in [0.1, 0.15) is 0 Å². The maximum absolute atomic E-state index is 10.5. The highest BCUT2D eigenvalue weighted by Gasteiger charge is 2.11. The van der Waals surface area contributed by atoms with Crippen molar-refractivity contribution in [3.63, 3.8) is 0 Å². The molecule has 0 atom stereocenters. The average Bonchev–Trinajstić information content (AvgIpc) is 2.49. The third-order valence-electron chi connectivity index (χ3n) is 1.84. The summed E-state index contributed by atoms with van der Waals surface area (Å²) in [7, 11) is 0. The van der Waals surface area contributed by atoms with Gasteiger partial charge in [0.25, 0.3) is 0 Å². The van der Waals surface area contributed by atoms with Gasteiger partial charge >= 0.3 is 5.97 Å². The van der Waals surface area contributed by atoms with Gasteiger partial charge < -0.3 is 5.11 Å². The predicted octanol–water partition coefficient (Wildman–Crippen LogP) is 2.58. The molecule has 14 heavy (non-hydrogen) atoms. The number of carbonyl (C=O) groups is 1. The van der Waals surface area contributed by atoms with Gasteiger partial charge in [0.2, 0.25) is 0 Å². The molecular formula is C9H6ClNO2S. The van der Waals surface area contributed by atoms with Crippen LogP contribution in [0.4, 0.5) is 0 Å². The van der Waals surface area contributed by atoms with Crippen LogP contribution in [0.5, 0.6) is 0 Å². The molecule has 0 aliphatic heterocycles. The summed E-state index contributed by atoms with van der Waals surface area (Å²) in [5.74, 6) is -0.892. The fourth-order valence-electron chi connectivity index (χ4n) is 1.27. The first-order valence-corrected chi connectivity index (χ1v) is 5.08. The highest BCUT2D eigenvalue weighted by Crippen LogP contribution is 2.29. The van der Waals surface area contributed by atoms with E-state index in [0.717, 1.165) is 10.1 Å². The van der Waals surface area contributed by atoms with Crippen LogP contribution in [0.1, 0.15) is 5.69 Å². The second kappa shape index (κ2) is 3.55. The van der Waals surface area contributed by atoms with Gasteiger partial charge in [0.15, 0.2) is 0 Å². The Bertz CT molecular complexity index is 495. The highest BCUT2D eigenvalue weighted by atomic mass is 35.5. The van der Waals surface area contributed by atoms with Crippen LogP contribution in [-0.4, -0.2) is 15.4 Å². The molecule has 1 heterocycles. The van der Waals surface area contributed by atoms with Gasteiger partial charge in [0, 0.05) is 5.39 Å². The predicted molar refractivity (Wildman–Crippen MR) is 56.0 cm³/mol. The molecule has 0 amide bonds. The van der Waals surface area contributed by atoms with Gasteiger partial charge in [-0.2, -0.15) is 4.37 Å². The van der Waals surface area contributed by atoms with Crippen LogP contribution in [0.2, 0.25) is 5.02 Å². The van der Waals surface area contributed by atoms with Crippen LogP contribution in [0, 0.1) is 0 Å². The number of hydrogen-bond acceptors (Lipinski definition) is 3. The summed E-state index contributed by atoms with van der Waals surface area (Å²) in [6.45, 7) is 0. The van der Waals surface area contributed by atoms with E-state index in [1.165, 1.54) is 11.5 Å². The van der Waals surface area contributed by atoms with E-state index in [-0.39, 0.29) is 6.42 Å². The Labute approximate surface area is 89.1 Å². The lowest BCUT2D eigenvalue weighted by Gasteiger charge is -1.95. The molecule has 72 valence electrons. The third kappa shape index (κ3) is 1.58. The SMILES string of the molecule is O=C(O)Cc1nsc2cccc(Cl)c12. The number of aliphatic carboxylic acids is 1. The lowest BCUT2D eigenvalue weighted by molar-refractivity contribution is -0.136. The second-order valence-electron chi connectivity index (χ2n) is 2.81. The Balaban J connectivity index is 2.61. The normalized spacial score (nSPS) is 10.6. The van der Waals surface area contributed by atoms with Crippen LogP contribution in [0.15, 0.2) is 18.2 Å². The number of aromatic nitrogens is 1. The summed E-state index contributed by atoms with van der Waals surface area (Å²) < 4.78 is 5.00. The van der Waals surface area contributed by atoms with E-state index in [1.807, 2.05) is 12.1 Å². The minimum absolute atomic E-state index is 0.0796. The molecule has 0 aliphatic carbocycles. The zero-order chi connectivity index (χ0) is 10.1. The quantitative estimate of drug-likeness (QED) is 0.858. The summed E-state index contributed by atoms with van der Waals surface area (Å²) in [4.78, 5) is 10.5. The van der Waals surface area contributed by atoms with Gasteiger partial charge in [0.05, 0.1) is 21.8 Å². The fraction of sp³-hybridized carbons (Fsp3) is 0.111. The summed E-state index contributed by atoms with van der Waals surface area (Å²) in [5.41, 5.74) is 0.545. The van der Waals surface area contributed by atoms with Crippen molar-refractivity contribution in [2.75, 3.05) is 0 Å². The maximum Gasteiger partial charge on any atom is 0.309 e. The summed E-state index contributed by atoms with van der Waals surface area (Å²) in [6.07, 6.45) is -0.0796. The Morgan fingerprint density at radius 1 is 1.57 bits per heavy atom. The van der Waals surface area contributed by atoms with Gasteiger partial charge in [-0.05, 0) is 23.7 Å². The third-order valence-corrected chi connectivity index (χ3v) is 3.00. The molecule has 1 aromatic heterocycles. The molecule has 0 radical (unpaired) electrons. The van der Waals surface area contributed by atoms with Crippen molar-refractivity contribution in [1.29, 1.82) is 0 Å². The van der Waals surface area contributed by atoms with Crippen molar-refractivity contribution in [2.24, 2.45) is 0 Å². The van der Waals surface area contributed by atoms with E-state index in [9.17, 15) is 4.79 Å². The van der Waals surface area contributed by atoms with Crippen LogP contribution >= 0.6 is 23.1 Å². The van der Waals surface area contributed by atoms with E-state index in [2.05, 4.69) is 4.37 Å². The van der Waals surface area contributed by atoms with Gasteiger partial charge in [-0.3, -0.25) is 4.79 Å². The molecule has 2 rings (SSSR count). The summed E-state index contributed by atoms with van der Waals surface area (Å²) in [5, 5.41) is 9.99. The molecule has 1 N–H and O–H groups in total. The Morgan fingerprint density at radius 3 is 3.07 bits per heavy atom. The lowest BCUT2D eigenvalue weighted by atomic mass is 10.2. The molecule has 0 aliphatic rings. The Kier molecular flexibility index (Phi) is 2.39. The van der Waals surface area contributed by atoms with E-state index in [1.54, 1.807) is 6.07 Å². The van der Waals surface area contributed by atoms with Crippen LogP contribution in [0.25, 0.3) is 10.1 Å². The number of hydrogen-bond donors (Lipinski definition) is 1. The van der Waals surface area contributed by atoms with Crippen molar-refractivity contribution in [3.05, 3.63) is 28.9 Å². The van der Waals surface area contributed by atoms with Crippen molar-refractivity contribution < 1.29 is 9.90 Å². The minimum Gasteiger partial charge on any atom is -0.481 e. The summed E-state index contributed by atoms with van der Waals surface area (Å²) >= 11 is 7.23. The fourth-order valence-corrected chi connectivity index (χ4v) is 2.44. The molecule has 0 saturated heterocycles. The highest BCUT2D eigenvalue weighted by molar-refractivity contribution is 7.13. The minimum atomic E-state index is -0.892. The number of halogens is 1. The number of carboxylic acid groups (broad SMARTS) is 1. The molecule has 5 heteroatoms. The Morgan fingerprint density at radius 2 is 2.36 bits per heavy atom. The van der Waals surface area contributed by atoms with E-state index in [4.69, 9.17) is 16.7 Å². The van der Waals surface area contributed by atoms with Crippen molar-refractivity contribution in [1.82, 2.24) is 4.37 Å². The number of rotatable bonds is 2. The smallest absolute Gasteiger partial charge is 0.309 e. The van der Waals surface area contributed by atoms with E-state index in [0.29, 0.717) is 10.7 Å². The number of fused-ring (bicyclic) bond motifs is 1. The maximum atomic E-state index is 10.5. The molecule has 1 aromatic carbocycles. The van der Waals surface area contributed by atoms with Crippen LogP contribution in [-0.2, 0) is 11.2 Å². The second-order valence-corrected chi connectivity index (χ2v) is 4.02. The Hall–Kier alpha value is -1.13.